The van der Waals surface area contributed by atoms with Crippen molar-refractivity contribution in [2.75, 3.05) is 0 Å². The molecule has 0 spiro atoms. The fraction of sp³-hybridized carbons (Fsp3) is 0.630. The van der Waals surface area contributed by atoms with Crippen LogP contribution in [-0.4, -0.2) is 8.07 Å². The molecule has 1 unspecified atom stereocenters. The molecule has 0 bridgehead atoms. The van der Waals surface area contributed by atoms with E-state index in [4.69, 9.17) is 0 Å². The summed E-state index contributed by atoms with van der Waals surface area (Å²) in [5, 5.41) is 2.00. The summed E-state index contributed by atoms with van der Waals surface area (Å²) in [4.78, 5) is 0. The summed E-state index contributed by atoms with van der Waals surface area (Å²) in [6.07, 6.45) is 7.61. The maximum atomic E-state index is 2.64. The van der Waals surface area contributed by atoms with Gasteiger partial charge in [-0.3, -0.25) is 0 Å². The van der Waals surface area contributed by atoms with Crippen LogP contribution < -0.4 is 42.4 Å². The first-order chi connectivity index (χ1) is 13.7. The Morgan fingerprint density at radius 3 is 1.50 bits per heavy atom. The number of hydrogen-bond acceptors (Lipinski definition) is 0. The van der Waals surface area contributed by atoms with Crippen molar-refractivity contribution in [3.8, 4) is 0 Å². The summed E-state index contributed by atoms with van der Waals surface area (Å²) in [6.45, 7) is 19.2. The van der Waals surface area contributed by atoms with E-state index in [9.17, 15) is 0 Å². The smallest absolute Gasteiger partial charge is 1.00 e. The summed E-state index contributed by atoms with van der Waals surface area (Å²) in [5.74, 6) is 0. The van der Waals surface area contributed by atoms with E-state index in [1.807, 2.05) is 0 Å². The fourth-order valence-electron chi connectivity index (χ4n) is 5.61. The minimum Gasteiger partial charge on any atom is -1.00 e. The molecule has 1 aromatic rings. The molecule has 0 N–H and O–H groups in total. The second-order valence-electron chi connectivity index (χ2n) is 9.41. The Labute approximate surface area is 230 Å². The van der Waals surface area contributed by atoms with E-state index in [1.165, 1.54) is 37.8 Å². The zero-order chi connectivity index (χ0) is 21.8. The topological polar surface area (TPSA) is 0 Å². The molecule has 1 atom stereocenters. The van der Waals surface area contributed by atoms with Gasteiger partial charge in [-0.05, 0) is 0 Å². The predicted octanol–water partition coefficient (Wildman–Crippen LogP) is -0.989. The zero-order valence-electron chi connectivity index (χ0n) is 21.5. The summed E-state index contributed by atoms with van der Waals surface area (Å²) in [6, 6.07) is 10.6. The molecule has 0 radical (unpaired) electrons. The summed E-state index contributed by atoms with van der Waals surface area (Å²) >= 11 is 2.46. The predicted molar refractivity (Wildman–Crippen MR) is 129 cm³/mol. The molecule has 0 aromatic heterocycles. The summed E-state index contributed by atoms with van der Waals surface area (Å²) in [7, 11) is -1.83. The van der Waals surface area contributed by atoms with E-state index in [2.05, 4.69) is 94.0 Å². The van der Waals surface area contributed by atoms with Crippen LogP contribution in [0.15, 0.2) is 38.8 Å². The van der Waals surface area contributed by atoms with E-state index in [0.717, 1.165) is 12.8 Å². The van der Waals surface area contributed by atoms with Crippen LogP contribution in [0, 0.1) is 0 Å². The van der Waals surface area contributed by atoms with Crippen LogP contribution in [0.3, 0.4) is 0 Å². The number of aryl methyl sites for hydroxylation is 2. The van der Waals surface area contributed by atoms with Gasteiger partial charge in [0.1, 0.15) is 0 Å². The third-order valence-electron chi connectivity index (χ3n) is 8.04. The molecule has 0 heterocycles. The van der Waals surface area contributed by atoms with Crippen molar-refractivity contribution in [1.29, 1.82) is 0 Å². The van der Waals surface area contributed by atoms with Crippen LogP contribution in [0.2, 0.25) is 17.1 Å². The van der Waals surface area contributed by atoms with Crippen molar-refractivity contribution in [2.45, 2.75) is 111 Å². The molecule has 5 heteroatoms. The number of unbranched alkanes of at least 4 members (excludes halogenated alkanes) is 2. The SMILES string of the molecule is CCCC[Si](CCCC)(c1cc(CC)cc(CC)c1)C1(C)C(C)=C(C)C(C)=[C]1[Ti+3].[Cl-].[Cl-].[Cl-]. The number of hydrogen-bond donors (Lipinski definition) is 0. The molecular formula is C27H43Cl3SiTi. The van der Waals surface area contributed by atoms with Gasteiger partial charge in [0, 0.05) is 0 Å². The van der Waals surface area contributed by atoms with Crippen LogP contribution in [-0.2, 0) is 33.3 Å². The van der Waals surface area contributed by atoms with Crippen molar-refractivity contribution in [2.24, 2.45) is 0 Å². The molecule has 2 rings (SSSR count). The van der Waals surface area contributed by atoms with Crippen LogP contribution in [0.25, 0.3) is 0 Å². The molecule has 1 aromatic carbocycles. The average molecular weight is 550 g/mol. The molecule has 0 saturated heterocycles. The minimum atomic E-state index is -1.83. The number of benzene rings is 1. The van der Waals surface area contributed by atoms with E-state index >= 15 is 0 Å². The molecular weight excluding hydrogens is 507 g/mol. The molecule has 32 heavy (non-hydrogen) atoms. The first kappa shape index (κ1) is 34.7. The monoisotopic (exact) mass is 548 g/mol. The Bertz CT molecular complexity index is 744. The van der Waals surface area contributed by atoms with Gasteiger partial charge in [0.05, 0.1) is 0 Å². The maximum Gasteiger partial charge on any atom is -1.00 e. The fourth-order valence-corrected chi connectivity index (χ4v) is 14.1. The number of allylic oxidation sites excluding steroid dienone is 4. The Morgan fingerprint density at radius 2 is 1.19 bits per heavy atom. The standard InChI is InChI=1S/C27H43Si.3ClH.Ti/c1-9-13-15-28(16-14-10-2,27(8)20-21(5)22(6)23(27)7)26-18-24(11-3)17-25(12-4)19-26;;;;/h17-19H,9-16H2,1-8H3;3*1H;/q;;;;+3/p-3. The van der Waals surface area contributed by atoms with E-state index < -0.39 is 8.07 Å². The number of halogens is 3. The van der Waals surface area contributed by atoms with Gasteiger partial charge in [-0.1, -0.05) is 0 Å². The van der Waals surface area contributed by atoms with Crippen molar-refractivity contribution >= 4 is 13.3 Å². The Balaban J connectivity index is 0. The van der Waals surface area contributed by atoms with Crippen molar-refractivity contribution in [3.63, 3.8) is 0 Å². The second kappa shape index (κ2) is 14.8. The molecule has 0 aliphatic heterocycles. The number of rotatable bonds is 10. The summed E-state index contributed by atoms with van der Waals surface area (Å²) in [5.41, 5.74) is 7.89. The first-order valence-electron chi connectivity index (χ1n) is 12.0. The van der Waals surface area contributed by atoms with Gasteiger partial charge >= 0.3 is 195 Å². The van der Waals surface area contributed by atoms with Gasteiger partial charge < -0.3 is 37.2 Å². The van der Waals surface area contributed by atoms with E-state index in [1.54, 1.807) is 36.9 Å². The van der Waals surface area contributed by atoms with Crippen LogP contribution in [0.4, 0.5) is 0 Å². The van der Waals surface area contributed by atoms with Gasteiger partial charge in [0.15, 0.2) is 0 Å². The van der Waals surface area contributed by atoms with E-state index in [0.29, 0.717) is 0 Å². The van der Waals surface area contributed by atoms with Gasteiger partial charge in [-0.25, -0.2) is 0 Å². The van der Waals surface area contributed by atoms with E-state index in [-0.39, 0.29) is 42.3 Å². The molecule has 1 aliphatic carbocycles. The molecule has 0 saturated carbocycles. The van der Waals surface area contributed by atoms with Crippen LogP contribution >= 0.6 is 0 Å². The zero-order valence-corrected chi connectivity index (χ0v) is 26.4. The summed E-state index contributed by atoms with van der Waals surface area (Å²) < 4.78 is 1.67. The third kappa shape index (κ3) is 6.19. The Morgan fingerprint density at radius 1 is 0.750 bits per heavy atom. The maximum absolute atomic E-state index is 2.64. The first-order valence-corrected chi connectivity index (χ1v) is 15.2. The van der Waals surface area contributed by atoms with Crippen LogP contribution in [0.5, 0.6) is 0 Å². The Hall–Kier alpha value is 0.501. The molecule has 1 aliphatic rings. The van der Waals surface area contributed by atoms with Gasteiger partial charge in [-0.2, -0.15) is 0 Å². The molecule has 0 fully saturated rings. The minimum absolute atomic E-state index is 0. The van der Waals surface area contributed by atoms with Gasteiger partial charge in [-0.15, -0.1) is 0 Å². The van der Waals surface area contributed by atoms with Crippen LogP contribution in [0.1, 0.15) is 92.2 Å². The molecule has 0 nitrogen and oxygen atoms in total. The largest absolute Gasteiger partial charge is 1.00 e. The normalized spacial score (nSPS) is 18.3. The third-order valence-corrected chi connectivity index (χ3v) is 16.1. The Kier molecular flexibility index (Phi) is 16.0. The quantitative estimate of drug-likeness (QED) is 0.329. The van der Waals surface area contributed by atoms with Crippen molar-refractivity contribution in [3.05, 3.63) is 49.9 Å². The molecule has 180 valence electrons. The van der Waals surface area contributed by atoms with Crippen molar-refractivity contribution in [1.82, 2.24) is 0 Å². The average Bonchev–Trinajstić information content (AvgIpc) is 2.89. The second-order valence-corrected chi connectivity index (χ2v) is 14.9. The van der Waals surface area contributed by atoms with Gasteiger partial charge in [0.2, 0.25) is 0 Å². The van der Waals surface area contributed by atoms with Crippen molar-refractivity contribution < 1.29 is 57.7 Å². The molecule has 0 amide bonds. The van der Waals surface area contributed by atoms with Gasteiger partial charge in [0.25, 0.3) is 0 Å².